The van der Waals surface area contributed by atoms with Crippen molar-refractivity contribution in [1.29, 1.82) is 0 Å². The van der Waals surface area contributed by atoms with Crippen LogP contribution in [0.15, 0.2) is 39.2 Å². The first-order chi connectivity index (χ1) is 12.5. The zero-order valence-electron chi connectivity index (χ0n) is 14.7. The van der Waals surface area contributed by atoms with Gasteiger partial charge in [-0.25, -0.2) is 9.59 Å². The number of esters is 2. The van der Waals surface area contributed by atoms with Gasteiger partial charge in [-0.3, -0.25) is 0 Å². The second kappa shape index (κ2) is 7.45. The number of hydrogen-bond acceptors (Lipinski definition) is 7. The van der Waals surface area contributed by atoms with Crippen molar-refractivity contribution < 1.29 is 32.6 Å². The molecular formula is C19H18O7. The lowest BCUT2D eigenvalue weighted by atomic mass is 10.1. The predicted octanol–water partition coefficient (Wildman–Crippen LogP) is 3.62. The van der Waals surface area contributed by atoms with Gasteiger partial charge in [0, 0.05) is 18.1 Å². The fourth-order valence-electron chi connectivity index (χ4n) is 2.68. The molecule has 0 aliphatic rings. The third kappa shape index (κ3) is 3.34. The minimum Gasteiger partial charge on any atom is -0.465 e. The Bertz CT molecular complexity index is 948. The van der Waals surface area contributed by atoms with E-state index in [2.05, 4.69) is 4.74 Å². The van der Waals surface area contributed by atoms with E-state index in [1.165, 1.54) is 20.3 Å². The van der Waals surface area contributed by atoms with Gasteiger partial charge in [0.25, 0.3) is 0 Å². The van der Waals surface area contributed by atoms with Gasteiger partial charge in [-0.15, -0.1) is 0 Å². The monoisotopic (exact) mass is 358 g/mol. The van der Waals surface area contributed by atoms with E-state index < -0.39 is 11.9 Å². The largest absolute Gasteiger partial charge is 0.465 e. The minimum absolute atomic E-state index is 0.0875. The molecule has 0 fully saturated rings. The molecule has 0 N–H and O–H groups in total. The molecule has 2 heterocycles. The second-order valence-corrected chi connectivity index (χ2v) is 5.59. The molecule has 0 aliphatic carbocycles. The predicted molar refractivity (Wildman–Crippen MR) is 90.8 cm³/mol. The molecular weight excluding hydrogens is 340 g/mol. The SMILES string of the molecule is COCc1c(C(=O)OCc2cc(C(=O)OC)c(C)o2)oc2ccccc12. The van der Waals surface area contributed by atoms with Crippen LogP contribution in [0.1, 0.15) is 38.0 Å². The summed E-state index contributed by atoms with van der Waals surface area (Å²) in [5, 5.41) is 0.795. The first kappa shape index (κ1) is 17.8. The number of para-hydroxylation sites is 1. The number of benzene rings is 1. The van der Waals surface area contributed by atoms with Crippen LogP contribution in [-0.2, 0) is 27.4 Å². The van der Waals surface area contributed by atoms with Crippen LogP contribution in [0.25, 0.3) is 11.0 Å². The topological polar surface area (TPSA) is 88.1 Å². The van der Waals surface area contributed by atoms with E-state index in [0.29, 0.717) is 28.2 Å². The van der Waals surface area contributed by atoms with E-state index in [1.807, 2.05) is 18.2 Å². The van der Waals surface area contributed by atoms with Crippen molar-refractivity contribution in [3.63, 3.8) is 0 Å². The van der Waals surface area contributed by atoms with E-state index in [4.69, 9.17) is 18.3 Å². The molecule has 0 atom stereocenters. The number of methoxy groups -OCH3 is 2. The van der Waals surface area contributed by atoms with Crippen LogP contribution >= 0.6 is 0 Å². The third-order valence-corrected chi connectivity index (χ3v) is 3.89. The highest BCUT2D eigenvalue weighted by molar-refractivity contribution is 5.96. The standard InChI is InChI=1S/C19H18O7/c1-11-14(18(20)23-3)8-12(25-11)9-24-19(21)17-15(10-22-2)13-6-4-5-7-16(13)26-17/h4-8H,9-10H2,1-3H3. The summed E-state index contributed by atoms with van der Waals surface area (Å²) in [4.78, 5) is 24.1. The summed E-state index contributed by atoms with van der Waals surface area (Å²) in [6.07, 6.45) is 0. The molecule has 136 valence electrons. The lowest BCUT2D eigenvalue weighted by Gasteiger charge is -2.03. The fraction of sp³-hybridized carbons (Fsp3) is 0.263. The van der Waals surface area contributed by atoms with Gasteiger partial charge >= 0.3 is 11.9 Å². The van der Waals surface area contributed by atoms with E-state index in [9.17, 15) is 9.59 Å². The van der Waals surface area contributed by atoms with Crippen LogP contribution in [-0.4, -0.2) is 26.2 Å². The molecule has 7 nitrogen and oxygen atoms in total. The first-order valence-corrected chi connectivity index (χ1v) is 7.89. The molecule has 0 unspecified atom stereocenters. The van der Waals surface area contributed by atoms with E-state index in [-0.39, 0.29) is 19.0 Å². The summed E-state index contributed by atoms with van der Waals surface area (Å²) in [6.45, 7) is 1.71. The van der Waals surface area contributed by atoms with Gasteiger partial charge in [0.15, 0.2) is 0 Å². The Kier molecular flexibility index (Phi) is 5.09. The highest BCUT2D eigenvalue weighted by Crippen LogP contribution is 2.27. The molecule has 0 saturated carbocycles. The first-order valence-electron chi connectivity index (χ1n) is 7.89. The molecule has 3 aromatic rings. The number of aryl methyl sites for hydroxylation is 1. The number of fused-ring (bicyclic) bond motifs is 1. The molecule has 0 aliphatic heterocycles. The van der Waals surface area contributed by atoms with Crippen LogP contribution < -0.4 is 0 Å². The molecule has 7 heteroatoms. The number of ether oxygens (including phenoxy) is 3. The highest BCUT2D eigenvalue weighted by Gasteiger charge is 2.23. The molecule has 3 rings (SSSR count). The van der Waals surface area contributed by atoms with Gasteiger partial charge in [0.05, 0.1) is 13.7 Å². The number of carbonyl (C=O) groups excluding carboxylic acids is 2. The Labute approximate surface area is 149 Å². The smallest absolute Gasteiger partial charge is 0.375 e. The summed E-state index contributed by atoms with van der Waals surface area (Å²) in [5.41, 5.74) is 1.50. The van der Waals surface area contributed by atoms with Crippen molar-refractivity contribution in [3.05, 3.63) is 58.7 Å². The van der Waals surface area contributed by atoms with Crippen molar-refractivity contribution in [2.45, 2.75) is 20.1 Å². The fourth-order valence-corrected chi connectivity index (χ4v) is 2.68. The molecule has 0 radical (unpaired) electrons. The van der Waals surface area contributed by atoms with Crippen LogP contribution in [0, 0.1) is 6.92 Å². The van der Waals surface area contributed by atoms with Crippen LogP contribution in [0.3, 0.4) is 0 Å². The number of furan rings is 2. The van der Waals surface area contributed by atoms with Gasteiger partial charge in [-0.1, -0.05) is 18.2 Å². The average Bonchev–Trinajstić information content (AvgIpc) is 3.20. The molecule has 0 saturated heterocycles. The molecule has 26 heavy (non-hydrogen) atoms. The van der Waals surface area contributed by atoms with Crippen molar-refractivity contribution >= 4 is 22.9 Å². The van der Waals surface area contributed by atoms with Crippen molar-refractivity contribution in [2.24, 2.45) is 0 Å². The number of hydrogen-bond donors (Lipinski definition) is 0. The quantitative estimate of drug-likeness (QED) is 0.622. The lowest BCUT2D eigenvalue weighted by Crippen LogP contribution is -2.07. The van der Waals surface area contributed by atoms with Crippen LogP contribution in [0.4, 0.5) is 0 Å². The zero-order chi connectivity index (χ0) is 18.7. The maximum absolute atomic E-state index is 12.5. The summed E-state index contributed by atoms with van der Waals surface area (Å²) >= 11 is 0. The third-order valence-electron chi connectivity index (χ3n) is 3.89. The van der Waals surface area contributed by atoms with Gasteiger partial charge in [-0.05, 0) is 19.1 Å². The number of carbonyl (C=O) groups is 2. The van der Waals surface area contributed by atoms with E-state index in [0.717, 1.165) is 5.39 Å². The Morgan fingerprint density at radius 3 is 2.54 bits per heavy atom. The Morgan fingerprint density at radius 1 is 1.04 bits per heavy atom. The second-order valence-electron chi connectivity index (χ2n) is 5.59. The summed E-state index contributed by atoms with van der Waals surface area (Å²) in [6, 6.07) is 8.78. The Morgan fingerprint density at radius 2 is 1.81 bits per heavy atom. The minimum atomic E-state index is -0.637. The van der Waals surface area contributed by atoms with Crippen LogP contribution in [0.2, 0.25) is 0 Å². The van der Waals surface area contributed by atoms with Gasteiger partial charge < -0.3 is 23.0 Å². The molecule has 1 aromatic carbocycles. The van der Waals surface area contributed by atoms with Gasteiger partial charge in [-0.2, -0.15) is 0 Å². The Hall–Kier alpha value is -3.06. The molecule has 0 spiro atoms. The Balaban J connectivity index is 1.79. The summed E-state index contributed by atoms with van der Waals surface area (Å²) < 4.78 is 26.2. The van der Waals surface area contributed by atoms with Crippen molar-refractivity contribution in [2.75, 3.05) is 14.2 Å². The van der Waals surface area contributed by atoms with Crippen LogP contribution in [0.5, 0.6) is 0 Å². The average molecular weight is 358 g/mol. The molecule has 2 aromatic heterocycles. The summed E-state index contributed by atoms with van der Waals surface area (Å²) in [5.74, 6) is -0.331. The van der Waals surface area contributed by atoms with Crippen molar-refractivity contribution in [1.82, 2.24) is 0 Å². The highest BCUT2D eigenvalue weighted by atomic mass is 16.6. The lowest BCUT2D eigenvalue weighted by molar-refractivity contribution is 0.0404. The van der Waals surface area contributed by atoms with E-state index in [1.54, 1.807) is 13.0 Å². The van der Waals surface area contributed by atoms with Gasteiger partial charge in [0.1, 0.15) is 29.3 Å². The van der Waals surface area contributed by atoms with E-state index >= 15 is 0 Å². The maximum atomic E-state index is 12.5. The molecule has 0 bridgehead atoms. The van der Waals surface area contributed by atoms with Gasteiger partial charge in [0.2, 0.25) is 5.76 Å². The maximum Gasteiger partial charge on any atom is 0.375 e. The number of rotatable bonds is 6. The van der Waals surface area contributed by atoms with Crippen molar-refractivity contribution in [3.8, 4) is 0 Å². The summed E-state index contributed by atoms with van der Waals surface area (Å²) in [7, 11) is 2.82. The molecule has 0 amide bonds. The normalized spacial score (nSPS) is 10.9. The zero-order valence-corrected chi connectivity index (χ0v) is 14.7.